The number of fused-ring (bicyclic) bond motifs is 1. The first-order valence-corrected chi connectivity index (χ1v) is 10.8. The molecule has 4 rings (SSSR count). The van der Waals surface area contributed by atoms with Crippen LogP contribution < -0.4 is 11.1 Å². The topological polar surface area (TPSA) is 84.1 Å². The van der Waals surface area contributed by atoms with Crippen molar-refractivity contribution in [1.29, 1.82) is 0 Å². The predicted octanol–water partition coefficient (Wildman–Crippen LogP) is 5.73. The zero-order valence-electron chi connectivity index (χ0n) is 18.1. The van der Waals surface area contributed by atoms with Crippen molar-refractivity contribution in [2.75, 3.05) is 11.1 Å². The third kappa shape index (κ3) is 4.80. The Hall–Kier alpha value is -2.87. The fourth-order valence-corrected chi connectivity index (χ4v) is 4.41. The van der Waals surface area contributed by atoms with Crippen LogP contribution in [0, 0.1) is 6.92 Å². The molecule has 1 saturated carbocycles. The number of aliphatic hydroxyl groups excluding tert-OH is 1. The van der Waals surface area contributed by atoms with Crippen LogP contribution in [0.4, 0.5) is 24.7 Å². The Kier molecular flexibility index (Phi) is 5.99. The van der Waals surface area contributed by atoms with Crippen LogP contribution in [0.15, 0.2) is 36.4 Å². The fourth-order valence-electron chi connectivity index (χ4n) is 4.41. The van der Waals surface area contributed by atoms with Gasteiger partial charge in [-0.2, -0.15) is 13.2 Å². The van der Waals surface area contributed by atoms with E-state index in [0.717, 1.165) is 54.3 Å². The molecule has 0 radical (unpaired) electrons. The second-order valence-corrected chi connectivity index (χ2v) is 8.65. The van der Waals surface area contributed by atoms with Crippen molar-refractivity contribution in [1.82, 2.24) is 9.97 Å². The lowest BCUT2D eigenvalue weighted by atomic mass is 9.82. The van der Waals surface area contributed by atoms with Gasteiger partial charge in [-0.05, 0) is 86.9 Å². The van der Waals surface area contributed by atoms with E-state index in [0.29, 0.717) is 23.1 Å². The number of rotatable bonds is 4. The molecule has 0 bridgehead atoms. The number of nitrogens with zero attached hydrogens (tertiary/aromatic N) is 2. The summed E-state index contributed by atoms with van der Waals surface area (Å²) < 4.78 is 39.7. The van der Waals surface area contributed by atoms with Gasteiger partial charge in [-0.3, -0.25) is 0 Å². The number of aromatic nitrogens is 2. The van der Waals surface area contributed by atoms with Gasteiger partial charge in [0, 0.05) is 11.1 Å². The number of benzene rings is 2. The normalized spacial score (nSPS) is 20.3. The Bertz CT molecular complexity index is 1120. The summed E-state index contributed by atoms with van der Waals surface area (Å²) in [4.78, 5) is 9.06. The monoisotopic (exact) mass is 444 g/mol. The Morgan fingerprint density at radius 2 is 1.78 bits per heavy atom. The van der Waals surface area contributed by atoms with Gasteiger partial charge >= 0.3 is 6.18 Å². The molecule has 8 heteroatoms. The van der Waals surface area contributed by atoms with E-state index in [-0.39, 0.29) is 11.8 Å². The first-order chi connectivity index (χ1) is 15.1. The number of halogens is 3. The number of hydrogen-bond acceptors (Lipinski definition) is 5. The first-order valence-electron chi connectivity index (χ1n) is 10.8. The molecular formula is C24H27F3N4O. The highest BCUT2D eigenvalue weighted by Gasteiger charge is 2.31. The maximum Gasteiger partial charge on any atom is 0.416 e. The van der Waals surface area contributed by atoms with Gasteiger partial charge in [-0.1, -0.05) is 6.07 Å². The third-order valence-electron chi connectivity index (χ3n) is 6.16. The van der Waals surface area contributed by atoms with E-state index >= 15 is 0 Å². The smallest absolute Gasteiger partial charge is 0.399 e. The molecule has 32 heavy (non-hydrogen) atoms. The van der Waals surface area contributed by atoms with Crippen molar-refractivity contribution in [2.24, 2.45) is 0 Å². The molecule has 0 unspecified atom stereocenters. The zero-order chi connectivity index (χ0) is 23.0. The molecule has 170 valence electrons. The van der Waals surface area contributed by atoms with Gasteiger partial charge in [0.15, 0.2) is 0 Å². The lowest BCUT2D eigenvalue weighted by Gasteiger charge is -2.26. The molecule has 1 fully saturated rings. The van der Waals surface area contributed by atoms with E-state index in [4.69, 9.17) is 5.73 Å². The van der Waals surface area contributed by atoms with Crippen LogP contribution in [0.25, 0.3) is 10.9 Å². The summed E-state index contributed by atoms with van der Waals surface area (Å²) >= 11 is 0. The van der Waals surface area contributed by atoms with Crippen molar-refractivity contribution >= 4 is 22.4 Å². The average molecular weight is 445 g/mol. The van der Waals surface area contributed by atoms with Crippen molar-refractivity contribution in [3.05, 3.63) is 58.9 Å². The number of nitrogens with one attached hydrogen (secondary N) is 1. The van der Waals surface area contributed by atoms with E-state index in [1.807, 2.05) is 6.07 Å². The number of nitrogen functional groups attached to an aromatic ring is 1. The molecule has 1 atom stereocenters. The van der Waals surface area contributed by atoms with Crippen LogP contribution in [0.2, 0.25) is 0 Å². The van der Waals surface area contributed by atoms with Gasteiger partial charge in [0.05, 0.1) is 23.2 Å². The highest BCUT2D eigenvalue weighted by atomic mass is 19.4. The van der Waals surface area contributed by atoms with E-state index < -0.39 is 17.8 Å². The number of aryl methyl sites for hydroxylation is 1. The average Bonchev–Trinajstić information content (AvgIpc) is 2.73. The second kappa shape index (κ2) is 8.58. The summed E-state index contributed by atoms with van der Waals surface area (Å²) in [5.41, 5.74) is 7.40. The Morgan fingerprint density at radius 3 is 2.47 bits per heavy atom. The van der Waals surface area contributed by atoms with E-state index in [9.17, 15) is 18.3 Å². The summed E-state index contributed by atoms with van der Waals surface area (Å²) in [6.45, 7) is 3.57. The molecule has 0 saturated heterocycles. The van der Waals surface area contributed by atoms with Crippen molar-refractivity contribution in [3.8, 4) is 0 Å². The number of alkyl halides is 3. The lowest BCUT2D eigenvalue weighted by molar-refractivity contribution is -0.137. The van der Waals surface area contributed by atoms with Gasteiger partial charge in [0.25, 0.3) is 0 Å². The molecule has 0 amide bonds. The zero-order valence-corrected chi connectivity index (χ0v) is 18.1. The maximum atomic E-state index is 13.2. The van der Waals surface area contributed by atoms with Crippen LogP contribution in [0.1, 0.15) is 67.1 Å². The number of anilines is 2. The minimum atomic E-state index is -4.47. The number of nitrogens with two attached hydrogens (primary N) is 1. The van der Waals surface area contributed by atoms with Gasteiger partial charge in [-0.15, -0.1) is 0 Å². The van der Waals surface area contributed by atoms with Crippen molar-refractivity contribution in [2.45, 2.75) is 63.8 Å². The predicted molar refractivity (Wildman–Crippen MR) is 119 cm³/mol. The van der Waals surface area contributed by atoms with Crippen molar-refractivity contribution in [3.63, 3.8) is 0 Å². The molecule has 0 aliphatic heterocycles. The second-order valence-electron chi connectivity index (χ2n) is 8.65. The number of aliphatic hydroxyl groups is 1. The van der Waals surface area contributed by atoms with Crippen molar-refractivity contribution < 1.29 is 18.3 Å². The standard InChI is InChI=1S/C24H27F3N4O/c1-13(17-9-18(24(25,26)27)12-19(28)10-17)29-23-21-11-16(15-3-6-20(32)7-4-15)5-8-22(21)30-14(2)31-23/h5,8-13,15,20,32H,3-4,6-7,28H2,1-2H3,(H,29,30,31)/t13-,15-,20-/m1/s1. The molecule has 1 aliphatic rings. The highest BCUT2D eigenvalue weighted by molar-refractivity contribution is 5.90. The molecular weight excluding hydrogens is 417 g/mol. The van der Waals surface area contributed by atoms with Crippen LogP contribution in [-0.2, 0) is 6.18 Å². The molecule has 2 aromatic carbocycles. The summed E-state index contributed by atoms with van der Waals surface area (Å²) in [7, 11) is 0. The van der Waals surface area contributed by atoms with E-state index in [1.165, 1.54) is 0 Å². The van der Waals surface area contributed by atoms with E-state index in [2.05, 4.69) is 27.4 Å². The first kappa shape index (κ1) is 22.3. The highest BCUT2D eigenvalue weighted by Crippen LogP contribution is 2.36. The van der Waals surface area contributed by atoms with Crippen LogP contribution in [0.5, 0.6) is 0 Å². The molecule has 4 N–H and O–H groups in total. The summed E-state index contributed by atoms with van der Waals surface area (Å²) in [6, 6.07) is 9.23. The molecule has 1 aliphatic carbocycles. The third-order valence-corrected chi connectivity index (χ3v) is 6.16. The molecule has 3 aromatic rings. The Balaban J connectivity index is 1.68. The largest absolute Gasteiger partial charge is 0.416 e. The Morgan fingerprint density at radius 1 is 1.06 bits per heavy atom. The lowest BCUT2D eigenvalue weighted by Crippen LogP contribution is -2.17. The minimum Gasteiger partial charge on any atom is -0.399 e. The molecule has 1 heterocycles. The SMILES string of the molecule is Cc1nc(N[C@H](C)c2cc(N)cc(C(F)(F)F)c2)c2cc([C@H]3CC[C@H](O)CC3)ccc2n1. The number of hydrogen-bond donors (Lipinski definition) is 3. The summed E-state index contributed by atoms with van der Waals surface area (Å²) in [5, 5.41) is 13.9. The van der Waals surface area contributed by atoms with Gasteiger partial charge in [0.2, 0.25) is 0 Å². The summed E-state index contributed by atoms with van der Waals surface area (Å²) in [6.07, 6.45) is -1.29. The van der Waals surface area contributed by atoms with Crippen LogP contribution in [0.3, 0.4) is 0 Å². The molecule has 1 aromatic heterocycles. The molecule has 0 spiro atoms. The van der Waals surface area contributed by atoms with Gasteiger partial charge < -0.3 is 16.2 Å². The fraction of sp³-hybridized carbons (Fsp3) is 0.417. The van der Waals surface area contributed by atoms with Gasteiger partial charge in [-0.25, -0.2) is 9.97 Å². The van der Waals surface area contributed by atoms with Gasteiger partial charge in [0.1, 0.15) is 11.6 Å². The maximum absolute atomic E-state index is 13.2. The quantitative estimate of drug-likeness (QED) is 0.448. The minimum absolute atomic E-state index is 0.0639. The summed E-state index contributed by atoms with van der Waals surface area (Å²) in [5.74, 6) is 1.51. The van der Waals surface area contributed by atoms with Crippen LogP contribution >= 0.6 is 0 Å². The van der Waals surface area contributed by atoms with Crippen LogP contribution in [-0.4, -0.2) is 21.2 Å². The Labute approximate surface area is 184 Å². The van der Waals surface area contributed by atoms with E-state index in [1.54, 1.807) is 19.9 Å². The molecule has 5 nitrogen and oxygen atoms in total.